The van der Waals surface area contributed by atoms with Crippen molar-refractivity contribution in [2.75, 3.05) is 14.2 Å². The first-order valence-electron chi connectivity index (χ1n) is 9.33. The van der Waals surface area contributed by atoms with Gasteiger partial charge in [0, 0.05) is 38.1 Å². The molecular formula is C22H19N5O3. The van der Waals surface area contributed by atoms with Gasteiger partial charge in [0.15, 0.2) is 11.2 Å². The normalized spacial score (nSPS) is 12.8. The Morgan fingerprint density at radius 1 is 1.30 bits per heavy atom. The molecular weight excluding hydrogens is 382 g/mol. The fourth-order valence-electron chi connectivity index (χ4n) is 4.02. The zero-order chi connectivity index (χ0) is 21.0. The third-order valence-electron chi connectivity index (χ3n) is 5.37. The van der Waals surface area contributed by atoms with E-state index in [9.17, 15) is 4.79 Å². The number of nitrogens with two attached hydrogens (primary N) is 1. The molecule has 0 unspecified atom stereocenters. The molecule has 0 saturated carbocycles. The number of benzene rings is 2. The van der Waals surface area contributed by atoms with E-state index in [4.69, 9.17) is 14.9 Å². The lowest BCUT2D eigenvalue weighted by Crippen LogP contribution is -2.17. The number of aryl methyl sites for hydroxylation is 1. The van der Waals surface area contributed by atoms with E-state index in [1.165, 1.54) is 6.20 Å². The fourth-order valence-corrected chi connectivity index (χ4v) is 4.02. The maximum absolute atomic E-state index is 13.2. The van der Waals surface area contributed by atoms with Crippen LogP contribution >= 0.6 is 0 Å². The molecule has 150 valence electrons. The first-order chi connectivity index (χ1) is 14.6. The van der Waals surface area contributed by atoms with Crippen molar-refractivity contribution in [1.82, 2.24) is 14.0 Å². The zero-order valence-electron chi connectivity index (χ0n) is 16.7. The first-order valence-corrected chi connectivity index (χ1v) is 9.33. The minimum atomic E-state index is -0.176. The number of ether oxygens (including phenoxy) is 1. The van der Waals surface area contributed by atoms with Gasteiger partial charge in [0.2, 0.25) is 0 Å². The van der Waals surface area contributed by atoms with Crippen molar-refractivity contribution in [2.24, 2.45) is 17.8 Å². The topological polar surface area (TPSA) is 100 Å². The molecule has 0 amide bonds. The number of fused-ring (bicyclic) bond motifs is 2. The molecule has 0 saturated heterocycles. The van der Waals surface area contributed by atoms with Gasteiger partial charge < -0.3 is 14.9 Å². The Kier molecular flexibility index (Phi) is 3.89. The Bertz CT molecular complexity index is 1580. The summed E-state index contributed by atoms with van der Waals surface area (Å²) in [6.45, 7) is 0. The number of pyridine rings is 1. The lowest BCUT2D eigenvalue weighted by molar-refractivity contribution is 0.414. The maximum atomic E-state index is 13.2. The van der Waals surface area contributed by atoms with Crippen molar-refractivity contribution in [1.29, 1.82) is 0 Å². The van der Waals surface area contributed by atoms with Crippen LogP contribution in [0.4, 0.5) is 0 Å². The van der Waals surface area contributed by atoms with E-state index >= 15 is 0 Å². The standard InChI is InChI=1S/C22H19N5O3/c1-24-10-12(9-23)18-17(29-3)8-13-19-20-15(11-25-13)26(2)22(28)27(20)14-6-4-5-7-16(14)30-21(18)19/h4-11H,23H2,1-3H3. The molecule has 2 aromatic carbocycles. The molecule has 30 heavy (non-hydrogen) atoms. The third kappa shape index (κ3) is 2.24. The van der Waals surface area contributed by atoms with Crippen molar-refractivity contribution in [2.45, 2.75) is 0 Å². The van der Waals surface area contributed by atoms with Gasteiger partial charge in [-0.05, 0) is 12.1 Å². The number of imidazole rings is 1. The summed E-state index contributed by atoms with van der Waals surface area (Å²) in [6.07, 6.45) is 4.80. The fraction of sp³-hybridized carbons (Fsp3) is 0.136. The molecule has 5 aromatic rings. The minimum absolute atomic E-state index is 0.176. The van der Waals surface area contributed by atoms with E-state index in [2.05, 4.69) is 9.98 Å². The van der Waals surface area contributed by atoms with Gasteiger partial charge >= 0.3 is 5.69 Å². The van der Waals surface area contributed by atoms with E-state index in [0.717, 1.165) is 5.52 Å². The maximum Gasteiger partial charge on any atom is 0.333 e. The van der Waals surface area contributed by atoms with Crippen LogP contribution in [0.25, 0.3) is 44.2 Å². The second-order valence-corrected chi connectivity index (χ2v) is 6.93. The molecule has 0 atom stereocenters. The number of allylic oxidation sites excluding steroid dienone is 1. The minimum Gasteiger partial charge on any atom is -0.496 e. The highest BCUT2D eigenvalue weighted by Gasteiger charge is 2.23. The molecule has 0 aliphatic rings. The number of aromatic nitrogens is 3. The van der Waals surface area contributed by atoms with E-state index in [0.29, 0.717) is 50.0 Å². The molecule has 0 bridgehead atoms. The van der Waals surface area contributed by atoms with Gasteiger partial charge in [-0.1, -0.05) is 12.1 Å². The van der Waals surface area contributed by atoms with Gasteiger partial charge in [0.25, 0.3) is 0 Å². The zero-order valence-corrected chi connectivity index (χ0v) is 16.7. The van der Waals surface area contributed by atoms with Gasteiger partial charge in [0.05, 0.1) is 46.3 Å². The van der Waals surface area contributed by atoms with Gasteiger partial charge in [-0.2, -0.15) is 0 Å². The van der Waals surface area contributed by atoms with Crippen molar-refractivity contribution in [3.05, 3.63) is 58.8 Å². The smallest absolute Gasteiger partial charge is 0.333 e. The quantitative estimate of drug-likeness (QED) is 0.468. The number of rotatable bonds is 3. The van der Waals surface area contributed by atoms with Gasteiger partial charge in [-0.3, -0.25) is 18.9 Å². The Hall–Kier alpha value is -4.07. The Morgan fingerprint density at radius 2 is 2.10 bits per heavy atom. The highest BCUT2D eigenvalue weighted by Crippen LogP contribution is 2.39. The van der Waals surface area contributed by atoms with E-state index in [1.54, 1.807) is 42.6 Å². The predicted molar refractivity (Wildman–Crippen MR) is 118 cm³/mol. The summed E-state index contributed by atoms with van der Waals surface area (Å²) >= 11 is 0. The molecule has 8 heteroatoms. The average molecular weight is 401 g/mol. The van der Waals surface area contributed by atoms with Crippen LogP contribution in [0.15, 0.2) is 56.9 Å². The molecule has 3 aromatic heterocycles. The lowest BCUT2D eigenvalue weighted by atomic mass is 10.0. The monoisotopic (exact) mass is 401 g/mol. The highest BCUT2D eigenvalue weighted by atomic mass is 16.5. The largest absolute Gasteiger partial charge is 0.496 e. The van der Waals surface area contributed by atoms with Crippen LogP contribution in [0, 0.1) is 0 Å². The number of aliphatic imine (C=N–C) groups is 1. The Morgan fingerprint density at radius 3 is 2.83 bits per heavy atom. The summed E-state index contributed by atoms with van der Waals surface area (Å²) < 4.78 is 15.3. The molecule has 0 aliphatic carbocycles. The number of methoxy groups -OCH3 is 1. The van der Waals surface area contributed by atoms with E-state index < -0.39 is 0 Å². The molecule has 2 N–H and O–H groups in total. The summed E-state index contributed by atoms with van der Waals surface area (Å²) in [4.78, 5) is 21.9. The Labute approximate surface area is 170 Å². The van der Waals surface area contributed by atoms with Crippen molar-refractivity contribution in [3.63, 3.8) is 0 Å². The summed E-state index contributed by atoms with van der Waals surface area (Å²) in [7, 11) is 4.98. The van der Waals surface area contributed by atoms with Crippen LogP contribution in [0.1, 0.15) is 5.56 Å². The average Bonchev–Trinajstić information content (AvgIpc) is 2.92. The number of nitrogens with zero attached hydrogens (tertiary/aromatic N) is 4. The summed E-state index contributed by atoms with van der Waals surface area (Å²) in [5.41, 5.74) is 10.8. The molecule has 3 heterocycles. The highest BCUT2D eigenvalue weighted by molar-refractivity contribution is 6.21. The van der Waals surface area contributed by atoms with Gasteiger partial charge in [-0.15, -0.1) is 0 Å². The molecule has 0 fully saturated rings. The SMILES string of the molecule is CN=CC(=CN)c1c(OC)cc2ncc3c4c2c1oc1ccccc1n4c(=O)n3C. The molecule has 0 radical (unpaired) electrons. The van der Waals surface area contributed by atoms with E-state index in [1.807, 2.05) is 30.3 Å². The Balaban J connectivity index is 2.22. The first kappa shape index (κ1) is 18.0. The van der Waals surface area contributed by atoms with Crippen molar-refractivity contribution >= 4 is 50.4 Å². The summed E-state index contributed by atoms with van der Waals surface area (Å²) in [5.74, 6) is 0.546. The van der Waals surface area contributed by atoms with Crippen molar-refractivity contribution in [3.8, 4) is 5.75 Å². The van der Waals surface area contributed by atoms with Crippen LogP contribution in [0.3, 0.4) is 0 Å². The number of hydrogen-bond donors (Lipinski definition) is 1. The molecule has 8 nitrogen and oxygen atoms in total. The van der Waals surface area contributed by atoms with Gasteiger partial charge in [0.1, 0.15) is 5.75 Å². The molecule has 5 rings (SSSR count). The number of para-hydroxylation sites is 2. The summed E-state index contributed by atoms with van der Waals surface area (Å²) in [6, 6.07) is 9.25. The molecule has 0 spiro atoms. The molecule has 0 aliphatic heterocycles. The summed E-state index contributed by atoms with van der Waals surface area (Å²) in [5, 5.41) is 0.709. The van der Waals surface area contributed by atoms with Crippen LogP contribution in [0.2, 0.25) is 0 Å². The number of hydrogen-bond acceptors (Lipinski definition) is 6. The van der Waals surface area contributed by atoms with Crippen LogP contribution in [-0.2, 0) is 7.05 Å². The van der Waals surface area contributed by atoms with Gasteiger partial charge in [-0.25, -0.2) is 4.79 Å². The lowest BCUT2D eigenvalue weighted by Gasteiger charge is -2.12. The van der Waals surface area contributed by atoms with Crippen LogP contribution in [-0.4, -0.2) is 34.3 Å². The third-order valence-corrected chi connectivity index (χ3v) is 5.37. The van der Waals surface area contributed by atoms with Crippen LogP contribution < -0.4 is 16.2 Å². The second-order valence-electron chi connectivity index (χ2n) is 6.93. The van der Waals surface area contributed by atoms with Crippen LogP contribution in [0.5, 0.6) is 5.75 Å². The van der Waals surface area contributed by atoms with E-state index in [-0.39, 0.29) is 5.69 Å². The second kappa shape index (κ2) is 6.48. The predicted octanol–water partition coefficient (Wildman–Crippen LogP) is 3.09. The van der Waals surface area contributed by atoms with Crippen molar-refractivity contribution < 1.29 is 9.15 Å².